The predicted octanol–water partition coefficient (Wildman–Crippen LogP) is 3.60. The van der Waals surface area contributed by atoms with Gasteiger partial charge in [0, 0.05) is 51.0 Å². The minimum absolute atomic E-state index is 0.201. The van der Waals surface area contributed by atoms with Crippen LogP contribution in [-0.4, -0.2) is 53.4 Å². The van der Waals surface area contributed by atoms with Gasteiger partial charge in [0.1, 0.15) is 0 Å². The lowest BCUT2D eigenvalue weighted by molar-refractivity contribution is -0.133. The van der Waals surface area contributed by atoms with E-state index in [2.05, 4.69) is 40.2 Å². The average Bonchev–Trinajstić information content (AvgIpc) is 2.80. The summed E-state index contributed by atoms with van der Waals surface area (Å²) in [4.78, 5) is 22.3. The summed E-state index contributed by atoms with van der Waals surface area (Å²) >= 11 is 0. The van der Waals surface area contributed by atoms with Gasteiger partial charge in [-0.2, -0.15) is 0 Å². The minimum atomic E-state index is -0.238. The van der Waals surface area contributed by atoms with Gasteiger partial charge in [-0.3, -0.25) is 14.7 Å². The van der Waals surface area contributed by atoms with Gasteiger partial charge in [-0.05, 0) is 23.3 Å². The molecule has 1 fully saturated rings. The van der Waals surface area contributed by atoms with Crippen molar-refractivity contribution < 1.29 is 4.79 Å². The molecule has 0 saturated carbocycles. The van der Waals surface area contributed by atoms with Crippen molar-refractivity contribution in [2.45, 2.75) is 12.3 Å². The molecule has 29 heavy (non-hydrogen) atoms. The van der Waals surface area contributed by atoms with Crippen LogP contribution < -0.4 is 0 Å². The smallest absolute Gasteiger partial charge is 0.234 e. The molecule has 1 amide bonds. The first-order chi connectivity index (χ1) is 14.3. The van der Waals surface area contributed by atoms with Crippen LogP contribution in [0, 0.1) is 0 Å². The Morgan fingerprint density at radius 2 is 1.38 bits per heavy atom. The van der Waals surface area contributed by atoms with E-state index in [1.165, 1.54) is 0 Å². The summed E-state index contributed by atoms with van der Waals surface area (Å²) in [6.07, 6.45) is 2.80. The lowest BCUT2D eigenvalue weighted by Crippen LogP contribution is -2.50. The molecule has 0 unspecified atom stereocenters. The molecule has 4 heteroatoms. The lowest BCUT2D eigenvalue weighted by atomic mass is 9.90. The molecule has 3 aromatic rings. The first-order valence-corrected chi connectivity index (χ1v) is 10.3. The number of benzene rings is 2. The molecule has 0 aliphatic carbocycles. The van der Waals surface area contributed by atoms with E-state index in [0.717, 1.165) is 56.0 Å². The molecule has 0 N–H and O–H groups in total. The van der Waals surface area contributed by atoms with E-state index in [-0.39, 0.29) is 11.8 Å². The van der Waals surface area contributed by atoms with E-state index in [1.54, 1.807) is 0 Å². The highest BCUT2D eigenvalue weighted by Crippen LogP contribution is 2.27. The third-order valence-electron chi connectivity index (χ3n) is 5.61. The second-order valence-electron chi connectivity index (χ2n) is 7.49. The summed E-state index contributed by atoms with van der Waals surface area (Å²) in [6, 6.07) is 26.3. The molecule has 0 spiro atoms. The first-order valence-electron chi connectivity index (χ1n) is 10.3. The van der Waals surface area contributed by atoms with Crippen molar-refractivity contribution in [3.05, 3.63) is 102 Å². The van der Waals surface area contributed by atoms with Crippen molar-refractivity contribution in [2.75, 3.05) is 32.7 Å². The molecule has 0 atom stereocenters. The number of rotatable bonds is 6. The molecule has 1 aliphatic rings. The third-order valence-corrected chi connectivity index (χ3v) is 5.61. The third kappa shape index (κ3) is 4.90. The zero-order valence-corrected chi connectivity index (χ0v) is 16.7. The van der Waals surface area contributed by atoms with Gasteiger partial charge < -0.3 is 4.90 Å². The van der Waals surface area contributed by atoms with Gasteiger partial charge in [0.25, 0.3) is 0 Å². The van der Waals surface area contributed by atoms with Gasteiger partial charge in [-0.1, -0.05) is 66.7 Å². The Balaban J connectivity index is 1.40. The number of piperazine rings is 1. The van der Waals surface area contributed by atoms with Crippen molar-refractivity contribution in [3.63, 3.8) is 0 Å². The largest absolute Gasteiger partial charge is 0.339 e. The highest BCUT2D eigenvalue weighted by molar-refractivity contribution is 5.87. The maximum atomic E-state index is 13.5. The van der Waals surface area contributed by atoms with Crippen molar-refractivity contribution in [1.29, 1.82) is 0 Å². The van der Waals surface area contributed by atoms with Crippen LogP contribution in [0.25, 0.3) is 0 Å². The molecule has 0 radical (unpaired) electrons. The molecule has 1 aromatic heterocycles. The van der Waals surface area contributed by atoms with Gasteiger partial charge in [0.15, 0.2) is 0 Å². The fourth-order valence-corrected chi connectivity index (χ4v) is 3.96. The van der Waals surface area contributed by atoms with Crippen molar-refractivity contribution in [1.82, 2.24) is 14.8 Å². The fraction of sp³-hybridized carbons (Fsp3) is 0.280. The Labute approximate surface area is 172 Å². The second-order valence-corrected chi connectivity index (χ2v) is 7.49. The monoisotopic (exact) mass is 385 g/mol. The molecule has 4 nitrogen and oxygen atoms in total. The quantitative estimate of drug-likeness (QED) is 0.651. The Morgan fingerprint density at radius 3 is 1.93 bits per heavy atom. The number of pyridine rings is 1. The number of aromatic nitrogens is 1. The zero-order valence-electron chi connectivity index (χ0n) is 16.7. The normalized spacial score (nSPS) is 14.9. The number of nitrogens with zero attached hydrogens (tertiary/aromatic N) is 3. The summed E-state index contributed by atoms with van der Waals surface area (Å²) in [7, 11) is 0. The predicted molar refractivity (Wildman–Crippen MR) is 116 cm³/mol. The van der Waals surface area contributed by atoms with Gasteiger partial charge >= 0.3 is 0 Å². The van der Waals surface area contributed by atoms with E-state index >= 15 is 0 Å². The summed E-state index contributed by atoms with van der Waals surface area (Å²) in [5, 5.41) is 0. The van der Waals surface area contributed by atoms with Crippen LogP contribution in [0.5, 0.6) is 0 Å². The van der Waals surface area contributed by atoms with Crippen LogP contribution in [0.4, 0.5) is 0 Å². The summed E-state index contributed by atoms with van der Waals surface area (Å²) in [5.41, 5.74) is 3.24. The molecule has 1 aliphatic heterocycles. The van der Waals surface area contributed by atoms with Crippen LogP contribution in [-0.2, 0) is 11.2 Å². The fourth-order valence-electron chi connectivity index (χ4n) is 3.96. The van der Waals surface area contributed by atoms with E-state index in [4.69, 9.17) is 0 Å². The number of carbonyl (C=O) groups is 1. The first kappa shape index (κ1) is 19.3. The van der Waals surface area contributed by atoms with Gasteiger partial charge in [-0.25, -0.2) is 0 Å². The second kappa shape index (κ2) is 9.48. The topological polar surface area (TPSA) is 36.4 Å². The van der Waals surface area contributed by atoms with Gasteiger partial charge in [0.2, 0.25) is 5.91 Å². The van der Waals surface area contributed by atoms with E-state index in [0.29, 0.717) is 0 Å². The SMILES string of the molecule is O=C(C(c1ccccc1)c1ccccc1)N1CCN(CCc2ccccn2)CC1. The van der Waals surface area contributed by atoms with Gasteiger partial charge in [-0.15, -0.1) is 0 Å². The summed E-state index contributed by atoms with van der Waals surface area (Å²) in [5.74, 6) is -0.0377. The molecule has 1 saturated heterocycles. The zero-order chi connectivity index (χ0) is 19.9. The molecule has 4 rings (SSSR count). The summed E-state index contributed by atoms with van der Waals surface area (Å²) < 4.78 is 0. The number of hydrogen-bond acceptors (Lipinski definition) is 3. The molecule has 148 valence electrons. The van der Waals surface area contributed by atoms with Crippen molar-refractivity contribution >= 4 is 5.91 Å². The van der Waals surface area contributed by atoms with E-state index in [9.17, 15) is 4.79 Å². The van der Waals surface area contributed by atoms with Crippen molar-refractivity contribution in [3.8, 4) is 0 Å². The van der Waals surface area contributed by atoms with Gasteiger partial charge in [0.05, 0.1) is 5.92 Å². The maximum Gasteiger partial charge on any atom is 0.234 e. The standard InChI is InChI=1S/C25H27N3O/c29-25(24(21-9-3-1-4-10-21)22-11-5-2-6-12-22)28-19-17-27(18-20-28)16-14-23-13-7-8-15-26-23/h1-13,15,24H,14,16-20H2. The molecule has 0 bridgehead atoms. The minimum Gasteiger partial charge on any atom is -0.339 e. The molecule has 2 aromatic carbocycles. The van der Waals surface area contributed by atoms with Crippen LogP contribution in [0.3, 0.4) is 0 Å². The molecule has 2 heterocycles. The molecular formula is C25H27N3O. The van der Waals surface area contributed by atoms with Crippen LogP contribution in [0.1, 0.15) is 22.7 Å². The van der Waals surface area contributed by atoms with E-state index in [1.807, 2.05) is 59.6 Å². The number of hydrogen-bond donors (Lipinski definition) is 0. The average molecular weight is 386 g/mol. The highest BCUT2D eigenvalue weighted by Gasteiger charge is 2.29. The van der Waals surface area contributed by atoms with Crippen LogP contribution >= 0.6 is 0 Å². The van der Waals surface area contributed by atoms with Crippen LogP contribution in [0.15, 0.2) is 85.1 Å². The number of carbonyl (C=O) groups excluding carboxylic acids is 1. The Kier molecular flexibility index (Phi) is 6.32. The Hall–Kier alpha value is -2.98. The maximum absolute atomic E-state index is 13.5. The highest BCUT2D eigenvalue weighted by atomic mass is 16.2. The Bertz CT molecular complexity index is 852. The Morgan fingerprint density at radius 1 is 0.793 bits per heavy atom. The number of amides is 1. The lowest BCUT2D eigenvalue weighted by Gasteiger charge is -2.36. The van der Waals surface area contributed by atoms with Crippen molar-refractivity contribution in [2.24, 2.45) is 0 Å². The van der Waals surface area contributed by atoms with Crippen LogP contribution in [0.2, 0.25) is 0 Å². The van der Waals surface area contributed by atoms with E-state index < -0.39 is 0 Å². The molecular weight excluding hydrogens is 358 g/mol. The summed E-state index contributed by atoms with van der Waals surface area (Å²) in [6.45, 7) is 4.36.